The molecule has 5 aromatic rings. The Morgan fingerprint density at radius 3 is 2.79 bits per heavy atom. The maximum absolute atomic E-state index is 12.5. The van der Waals surface area contributed by atoms with E-state index in [1.54, 1.807) is 17.4 Å². The molecule has 0 aliphatic heterocycles. The number of aryl methyl sites for hydroxylation is 1. The number of esters is 1. The van der Waals surface area contributed by atoms with E-state index >= 15 is 0 Å². The van der Waals surface area contributed by atoms with Gasteiger partial charge in [0.1, 0.15) is 17.3 Å². The van der Waals surface area contributed by atoms with Gasteiger partial charge in [0, 0.05) is 14.8 Å². The number of benzene rings is 2. The van der Waals surface area contributed by atoms with Crippen molar-refractivity contribution in [2.45, 2.75) is 13.5 Å². The molecule has 2 aromatic carbocycles. The van der Waals surface area contributed by atoms with Crippen molar-refractivity contribution in [1.82, 2.24) is 9.97 Å². The highest BCUT2D eigenvalue weighted by molar-refractivity contribution is 7.33. The number of fused-ring (bicyclic) bond motifs is 4. The first-order valence-corrected chi connectivity index (χ1v) is 10.3. The van der Waals surface area contributed by atoms with Crippen molar-refractivity contribution < 1.29 is 9.53 Å². The van der Waals surface area contributed by atoms with Crippen LogP contribution in [0.1, 0.15) is 21.1 Å². The van der Waals surface area contributed by atoms with Crippen LogP contribution >= 0.6 is 22.7 Å². The lowest BCUT2D eigenvalue weighted by atomic mass is 10.1. The van der Waals surface area contributed by atoms with Crippen molar-refractivity contribution in [1.29, 1.82) is 0 Å². The third-order valence-electron chi connectivity index (χ3n) is 4.58. The largest absolute Gasteiger partial charge is 0.453 e. The Kier molecular flexibility index (Phi) is 3.99. The van der Waals surface area contributed by atoms with E-state index in [2.05, 4.69) is 22.1 Å². The van der Waals surface area contributed by atoms with E-state index in [1.807, 2.05) is 37.3 Å². The maximum Gasteiger partial charge on any atom is 0.348 e. The number of hydrogen-bond acceptors (Lipinski definition) is 6. The van der Waals surface area contributed by atoms with Gasteiger partial charge in [-0.25, -0.2) is 9.78 Å². The number of H-pyrrole nitrogens is 1. The summed E-state index contributed by atoms with van der Waals surface area (Å²) in [6.45, 7) is 1.82. The molecule has 1 N–H and O–H groups in total. The monoisotopic (exact) mass is 406 g/mol. The number of rotatable bonds is 3. The Labute approximate surface area is 167 Å². The van der Waals surface area contributed by atoms with Crippen LogP contribution < -0.4 is 5.56 Å². The second-order valence-corrected chi connectivity index (χ2v) is 8.60. The summed E-state index contributed by atoms with van der Waals surface area (Å²) in [6, 6.07) is 15.5. The van der Waals surface area contributed by atoms with E-state index in [0.29, 0.717) is 21.6 Å². The molecule has 0 aliphatic carbocycles. The maximum atomic E-state index is 12.5. The van der Waals surface area contributed by atoms with Gasteiger partial charge in [-0.3, -0.25) is 4.79 Å². The van der Waals surface area contributed by atoms with Crippen molar-refractivity contribution in [3.8, 4) is 0 Å². The van der Waals surface area contributed by atoms with Gasteiger partial charge in [-0.15, -0.1) is 22.7 Å². The minimum Gasteiger partial charge on any atom is -0.453 e. The van der Waals surface area contributed by atoms with Crippen LogP contribution in [-0.2, 0) is 11.3 Å². The molecule has 138 valence electrons. The fourth-order valence-corrected chi connectivity index (χ4v) is 5.64. The Hall–Kier alpha value is -3.03. The molecule has 3 heterocycles. The number of aromatic nitrogens is 2. The first-order chi connectivity index (χ1) is 13.6. The van der Waals surface area contributed by atoms with E-state index in [-0.39, 0.29) is 12.2 Å². The molecule has 0 amide bonds. The number of carbonyl (C=O) groups is 1. The first-order valence-electron chi connectivity index (χ1n) is 8.67. The molecule has 0 bridgehead atoms. The third kappa shape index (κ3) is 2.80. The summed E-state index contributed by atoms with van der Waals surface area (Å²) in [7, 11) is 0. The van der Waals surface area contributed by atoms with Crippen LogP contribution in [0.25, 0.3) is 30.4 Å². The number of para-hydroxylation sites is 1. The SMILES string of the molecule is Cc1cccc2c(=O)[nH]c(COC(=O)c3cc4sc5ccccc5c4s3)nc12. The zero-order valence-electron chi connectivity index (χ0n) is 14.8. The number of nitrogens with zero attached hydrogens (tertiary/aromatic N) is 1. The molecule has 0 saturated carbocycles. The lowest BCUT2D eigenvalue weighted by Gasteiger charge is -2.05. The van der Waals surface area contributed by atoms with Crippen molar-refractivity contribution in [3.05, 3.63) is 75.1 Å². The third-order valence-corrected chi connectivity index (χ3v) is 6.97. The molecule has 7 heteroatoms. The molecule has 5 rings (SSSR count). The number of nitrogens with one attached hydrogen (secondary N) is 1. The quantitative estimate of drug-likeness (QED) is 0.427. The van der Waals surface area contributed by atoms with Gasteiger partial charge in [0.15, 0.2) is 0 Å². The van der Waals surface area contributed by atoms with Gasteiger partial charge in [-0.05, 0) is 30.7 Å². The number of hydrogen-bond donors (Lipinski definition) is 1. The van der Waals surface area contributed by atoms with Crippen molar-refractivity contribution >= 4 is 59.0 Å². The number of aromatic amines is 1. The van der Waals surface area contributed by atoms with Crippen molar-refractivity contribution in [2.75, 3.05) is 0 Å². The molecule has 5 nitrogen and oxygen atoms in total. The van der Waals surface area contributed by atoms with Gasteiger partial charge >= 0.3 is 5.97 Å². The molecule has 3 aromatic heterocycles. The Bertz CT molecular complexity index is 1430. The molecule has 28 heavy (non-hydrogen) atoms. The second kappa shape index (κ2) is 6.54. The van der Waals surface area contributed by atoms with E-state index in [9.17, 15) is 9.59 Å². The topological polar surface area (TPSA) is 72.1 Å². The molecule has 0 fully saturated rings. The number of ether oxygens (including phenoxy) is 1. The minimum atomic E-state index is -0.412. The lowest BCUT2D eigenvalue weighted by molar-refractivity contribution is 0.0468. The number of thiophene rings is 2. The Morgan fingerprint density at radius 1 is 1.07 bits per heavy atom. The van der Waals surface area contributed by atoms with Gasteiger partial charge < -0.3 is 9.72 Å². The van der Waals surface area contributed by atoms with Gasteiger partial charge in [0.2, 0.25) is 0 Å². The van der Waals surface area contributed by atoms with Crippen LogP contribution in [0.2, 0.25) is 0 Å². The summed E-state index contributed by atoms with van der Waals surface area (Å²) in [5.74, 6) is -0.0750. The standard InChI is InChI=1S/C21H14N2O3S2/c1-11-5-4-7-13-18(11)22-17(23-20(13)24)10-26-21(25)16-9-15-19(28-16)12-6-2-3-8-14(12)27-15/h2-9H,10H2,1H3,(H,22,23,24). The van der Waals surface area contributed by atoms with E-state index in [0.717, 1.165) is 20.3 Å². The Balaban J connectivity index is 1.41. The zero-order valence-corrected chi connectivity index (χ0v) is 16.4. The summed E-state index contributed by atoms with van der Waals surface area (Å²) in [5.41, 5.74) is 1.30. The fourth-order valence-electron chi connectivity index (χ4n) is 3.23. The van der Waals surface area contributed by atoms with Crippen LogP contribution in [0.5, 0.6) is 0 Å². The first kappa shape index (κ1) is 17.1. The van der Waals surface area contributed by atoms with Crippen LogP contribution in [0.3, 0.4) is 0 Å². The molecule has 0 saturated heterocycles. The predicted octanol–water partition coefficient (Wildman–Crippen LogP) is 5.02. The van der Waals surface area contributed by atoms with Crippen molar-refractivity contribution in [3.63, 3.8) is 0 Å². The molecule has 0 spiro atoms. The number of carbonyl (C=O) groups excluding carboxylic acids is 1. The second-order valence-electron chi connectivity index (χ2n) is 6.46. The van der Waals surface area contributed by atoms with Gasteiger partial charge in [0.05, 0.1) is 15.6 Å². The van der Waals surface area contributed by atoms with E-state index in [4.69, 9.17) is 4.74 Å². The van der Waals surface area contributed by atoms with Crippen LogP contribution in [0, 0.1) is 6.92 Å². The molecule has 0 atom stereocenters. The highest BCUT2D eigenvalue weighted by atomic mass is 32.1. The van der Waals surface area contributed by atoms with Crippen LogP contribution in [-0.4, -0.2) is 15.9 Å². The average Bonchev–Trinajstić information content (AvgIpc) is 3.25. The van der Waals surface area contributed by atoms with Gasteiger partial charge in [-0.2, -0.15) is 0 Å². The molecule has 0 radical (unpaired) electrons. The van der Waals surface area contributed by atoms with E-state index < -0.39 is 5.97 Å². The average molecular weight is 406 g/mol. The smallest absolute Gasteiger partial charge is 0.348 e. The molecular weight excluding hydrogens is 392 g/mol. The van der Waals surface area contributed by atoms with Crippen molar-refractivity contribution in [2.24, 2.45) is 0 Å². The minimum absolute atomic E-state index is 0.0787. The van der Waals surface area contributed by atoms with Crippen LogP contribution in [0.15, 0.2) is 53.3 Å². The van der Waals surface area contributed by atoms with Gasteiger partial charge in [0.25, 0.3) is 5.56 Å². The summed E-state index contributed by atoms with van der Waals surface area (Å²) < 4.78 is 8.79. The predicted molar refractivity (Wildman–Crippen MR) is 113 cm³/mol. The molecule has 0 aliphatic rings. The van der Waals surface area contributed by atoms with Crippen LogP contribution in [0.4, 0.5) is 0 Å². The summed E-state index contributed by atoms with van der Waals surface area (Å²) in [6.07, 6.45) is 0. The highest BCUT2D eigenvalue weighted by Gasteiger charge is 2.16. The lowest BCUT2D eigenvalue weighted by Crippen LogP contribution is -2.14. The fraction of sp³-hybridized carbons (Fsp3) is 0.0952. The molecular formula is C21H14N2O3S2. The highest BCUT2D eigenvalue weighted by Crippen LogP contribution is 2.39. The summed E-state index contributed by atoms with van der Waals surface area (Å²) in [5, 5.41) is 1.68. The zero-order chi connectivity index (χ0) is 19.3. The Morgan fingerprint density at radius 2 is 1.89 bits per heavy atom. The summed E-state index contributed by atoms with van der Waals surface area (Å²) >= 11 is 3.09. The van der Waals surface area contributed by atoms with Gasteiger partial charge in [-0.1, -0.05) is 30.3 Å². The van der Waals surface area contributed by atoms with E-state index in [1.165, 1.54) is 16.0 Å². The normalized spacial score (nSPS) is 11.5. The molecule has 0 unspecified atom stereocenters. The summed E-state index contributed by atoms with van der Waals surface area (Å²) in [4.78, 5) is 32.4.